The van der Waals surface area contributed by atoms with Crippen LogP contribution in [0.4, 0.5) is 19.1 Å². The van der Waals surface area contributed by atoms with Crippen LogP contribution in [0.5, 0.6) is 5.75 Å². The van der Waals surface area contributed by atoms with Gasteiger partial charge in [-0.25, -0.2) is 4.99 Å². The molecule has 0 N–H and O–H groups in total. The molecule has 0 radical (unpaired) electrons. The number of aromatic nitrogens is 3. The van der Waals surface area contributed by atoms with Gasteiger partial charge >= 0.3 is 6.36 Å². The third kappa shape index (κ3) is 4.45. The Morgan fingerprint density at radius 3 is 2.45 bits per heavy atom. The molecule has 0 aliphatic carbocycles. The summed E-state index contributed by atoms with van der Waals surface area (Å²) < 4.78 is 41.9. The summed E-state index contributed by atoms with van der Waals surface area (Å²) in [6.07, 6.45) is -3.19. The van der Waals surface area contributed by atoms with Crippen LogP contribution in [0.25, 0.3) is 5.69 Å². The summed E-state index contributed by atoms with van der Waals surface area (Å²) in [5, 5.41) is 4.09. The van der Waals surface area contributed by atoms with E-state index in [1.165, 1.54) is 35.3 Å². The highest BCUT2D eigenvalue weighted by Gasteiger charge is 2.31. The average Bonchev–Trinajstić information content (AvgIpc) is 2.76. The molecule has 1 aromatic carbocycles. The summed E-state index contributed by atoms with van der Waals surface area (Å²) in [7, 11) is 3.59. The molecule has 0 atom stereocenters. The van der Waals surface area contributed by atoms with Crippen molar-refractivity contribution in [2.24, 2.45) is 4.99 Å². The minimum absolute atomic E-state index is 0.282. The number of benzene rings is 1. The van der Waals surface area contributed by atoms with E-state index in [4.69, 9.17) is 0 Å². The summed E-state index contributed by atoms with van der Waals surface area (Å²) in [5.74, 6) is -0.0289. The van der Waals surface area contributed by atoms with Crippen molar-refractivity contribution in [2.45, 2.75) is 6.36 Å². The molecule has 0 saturated carbocycles. The first-order chi connectivity index (χ1) is 10.2. The minimum Gasteiger partial charge on any atom is -0.406 e. The number of ether oxygens (including phenoxy) is 1. The Kier molecular flexibility index (Phi) is 4.69. The van der Waals surface area contributed by atoms with Crippen molar-refractivity contribution >= 4 is 28.2 Å². The molecule has 2 rings (SSSR count). The molecule has 0 unspecified atom stereocenters. The van der Waals surface area contributed by atoms with Gasteiger partial charge in [0, 0.05) is 14.1 Å². The fraction of sp³-hybridized carbons (Fsp3) is 0.250. The highest BCUT2D eigenvalue weighted by Crippen LogP contribution is 2.25. The molecular formula is C12H11BrF3N5O. The first kappa shape index (κ1) is 16.3. The number of alkyl halides is 3. The highest BCUT2D eigenvalue weighted by atomic mass is 79.9. The molecule has 118 valence electrons. The summed E-state index contributed by atoms with van der Waals surface area (Å²) in [6.45, 7) is 0. The van der Waals surface area contributed by atoms with Crippen molar-refractivity contribution in [1.82, 2.24) is 19.7 Å². The monoisotopic (exact) mass is 377 g/mol. The molecule has 22 heavy (non-hydrogen) atoms. The quantitative estimate of drug-likeness (QED) is 0.606. The van der Waals surface area contributed by atoms with Crippen LogP contribution in [-0.4, -0.2) is 46.5 Å². The SMILES string of the molecule is CN(C)C=Nc1nc(Br)nn1-c1ccc(OC(F)(F)F)cc1. The van der Waals surface area contributed by atoms with Gasteiger partial charge in [-0.2, -0.15) is 9.67 Å². The van der Waals surface area contributed by atoms with E-state index in [2.05, 4.69) is 35.7 Å². The number of rotatable bonds is 4. The van der Waals surface area contributed by atoms with Crippen LogP contribution in [0.3, 0.4) is 0 Å². The molecule has 10 heteroatoms. The van der Waals surface area contributed by atoms with Crippen molar-refractivity contribution in [1.29, 1.82) is 0 Å². The maximum atomic E-state index is 12.1. The Bertz CT molecular complexity index is 666. The predicted octanol–water partition coefficient (Wildman–Crippen LogP) is 3.15. The van der Waals surface area contributed by atoms with Crippen LogP contribution in [0.15, 0.2) is 34.0 Å². The standard InChI is InChI=1S/C12H11BrF3N5O/c1-20(2)7-17-11-18-10(13)19-21(11)8-3-5-9(6-4-8)22-12(14,15)16/h3-7H,1-2H3. The predicted molar refractivity (Wildman–Crippen MR) is 77.6 cm³/mol. The lowest BCUT2D eigenvalue weighted by atomic mass is 10.3. The Hall–Kier alpha value is -2.10. The number of halogens is 4. The summed E-state index contributed by atoms with van der Waals surface area (Å²) in [4.78, 5) is 9.92. The Morgan fingerprint density at radius 1 is 1.27 bits per heavy atom. The van der Waals surface area contributed by atoms with Gasteiger partial charge in [-0.15, -0.1) is 18.3 Å². The summed E-state index contributed by atoms with van der Waals surface area (Å²) >= 11 is 3.14. The van der Waals surface area contributed by atoms with E-state index in [1.807, 2.05) is 0 Å². The van der Waals surface area contributed by atoms with Gasteiger partial charge in [0.2, 0.25) is 4.73 Å². The number of hydrogen-bond acceptors (Lipinski definition) is 4. The fourth-order valence-electron chi connectivity index (χ4n) is 1.49. The molecule has 2 aromatic rings. The Morgan fingerprint density at radius 2 is 1.91 bits per heavy atom. The maximum absolute atomic E-state index is 12.1. The molecule has 1 heterocycles. The number of hydrogen-bond donors (Lipinski definition) is 0. The molecule has 0 saturated heterocycles. The van der Waals surface area contributed by atoms with E-state index in [-0.39, 0.29) is 11.7 Å². The number of nitrogens with zero attached hydrogens (tertiary/aromatic N) is 5. The van der Waals surface area contributed by atoms with Crippen LogP contribution in [-0.2, 0) is 0 Å². The molecular weight excluding hydrogens is 367 g/mol. The van der Waals surface area contributed by atoms with Crippen molar-refractivity contribution in [3.05, 3.63) is 29.0 Å². The van der Waals surface area contributed by atoms with E-state index in [0.717, 1.165) is 0 Å². The maximum Gasteiger partial charge on any atom is 0.573 e. The zero-order valence-electron chi connectivity index (χ0n) is 11.5. The van der Waals surface area contributed by atoms with Gasteiger partial charge in [0.1, 0.15) is 5.75 Å². The lowest BCUT2D eigenvalue weighted by Gasteiger charge is -2.09. The topological polar surface area (TPSA) is 55.5 Å². The fourth-order valence-corrected chi connectivity index (χ4v) is 1.81. The first-order valence-electron chi connectivity index (χ1n) is 5.94. The van der Waals surface area contributed by atoms with Crippen molar-refractivity contribution in [2.75, 3.05) is 14.1 Å². The van der Waals surface area contributed by atoms with Gasteiger partial charge in [-0.05, 0) is 40.2 Å². The zero-order chi connectivity index (χ0) is 16.3. The molecule has 0 fully saturated rings. The molecule has 0 amide bonds. The third-order valence-corrected chi connectivity index (χ3v) is 2.62. The minimum atomic E-state index is -4.72. The molecule has 0 aliphatic rings. The van der Waals surface area contributed by atoms with Crippen LogP contribution < -0.4 is 4.74 Å². The van der Waals surface area contributed by atoms with Gasteiger partial charge < -0.3 is 9.64 Å². The second kappa shape index (κ2) is 6.34. The zero-order valence-corrected chi connectivity index (χ0v) is 13.1. The molecule has 0 bridgehead atoms. The summed E-state index contributed by atoms with van der Waals surface area (Å²) in [6, 6.07) is 5.24. The van der Waals surface area contributed by atoms with Crippen LogP contribution in [0.2, 0.25) is 0 Å². The Balaban J connectivity index is 2.28. The smallest absolute Gasteiger partial charge is 0.406 e. The van der Waals surface area contributed by atoms with E-state index < -0.39 is 6.36 Å². The molecule has 0 spiro atoms. The normalized spacial score (nSPS) is 11.9. The van der Waals surface area contributed by atoms with Gasteiger partial charge in [0.05, 0.1) is 12.0 Å². The van der Waals surface area contributed by atoms with E-state index in [0.29, 0.717) is 10.4 Å². The van der Waals surface area contributed by atoms with Gasteiger partial charge in [-0.3, -0.25) is 0 Å². The summed E-state index contributed by atoms with van der Waals surface area (Å²) in [5.41, 5.74) is 0.499. The Labute approximate surface area is 132 Å². The lowest BCUT2D eigenvalue weighted by Crippen LogP contribution is -2.17. The second-order valence-corrected chi connectivity index (χ2v) is 5.05. The largest absolute Gasteiger partial charge is 0.573 e. The first-order valence-corrected chi connectivity index (χ1v) is 6.73. The van der Waals surface area contributed by atoms with Gasteiger partial charge in [0.25, 0.3) is 5.95 Å². The van der Waals surface area contributed by atoms with E-state index in [1.54, 1.807) is 19.0 Å². The van der Waals surface area contributed by atoms with E-state index in [9.17, 15) is 13.2 Å². The van der Waals surface area contributed by atoms with Crippen LogP contribution in [0, 0.1) is 0 Å². The highest BCUT2D eigenvalue weighted by molar-refractivity contribution is 9.10. The molecule has 0 aliphatic heterocycles. The molecule has 1 aromatic heterocycles. The molecule has 6 nitrogen and oxygen atoms in total. The van der Waals surface area contributed by atoms with Crippen LogP contribution >= 0.6 is 15.9 Å². The van der Waals surface area contributed by atoms with Gasteiger partial charge in [-0.1, -0.05) is 0 Å². The van der Waals surface area contributed by atoms with Crippen LogP contribution in [0.1, 0.15) is 0 Å². The average molecular weight is 378 g/mol. The van der Waals surface area contributed by atoms with Crippen molar-refractivity contribution in [3.63, 3.8) is 0 Å². The number of aliphatic imine (C=N–C) groups is 1. The van der Waals surface area contributed by atoms with Gasteiger partial charge in [0.15, 0.2) is 0 Å². The van der Waals surface area contributed by atoms with E-state index >= 15 is 0 Å². The van der Waals surface area contributed by atoms with Crippen molar-refractivity contribution in [3.8, 4) is 11.4 Å². The lowest BCUT2D eigenvalue weighted by molar-refractivity contribution is -0.274. The third-order valence-electron chi connectivity index (χ3n) is 2.28. The second-order valence-electron chi connectivity index (χ2n) is 4.34. The van der Waals surface area contributed by atoms with Crippen molar-refractivity contribution < 1.29 is 17.9 Å².